The van der Waals surface area contributed by atoms with Gasteiger partial charge in [-0.25, -0.2) is 4.98 Å². The summed E-state index contributed by atoms with van der Waals surface area (Å²) < 4.78 is 2.49. The number of thiazole rings is 1. The van der Waals surface area contributed by atoms with Gasteiger partial charge in [0.25, 0.3) is 5.91 Å². The Balaban J connectivity index is 1.24. The monoisotopic (exact) mass is 587 g/mol. The van der Waals surface area contributed by atoms with Gasteiger partial charge in [0.15, 0.2) is 4.34 Å². The number of fused-ring (bicyclic) bond motifs is 1. The Kier molecular flexibility index (Phi) is 7.99. The molecule has 0 saturated carbocycles. The predicted octanol–water partition coefficient (Wildman–Crippen LogP) is 7.31. The molecule has 2 amide bonds. The van der Waals surface area contributed by atoms with Crippen LogP contribution in [0.25, 0.3) is 10.2 Å². The molecule has 0 aliphatic heterocycles. The molecule has 8 heteroatoms. The van der Waals surface area contributed by atoms with Crippen LogP contribution in [0, 0.1) is 0 Å². The van der Waals surface area contributed by atoms with Crippen LogP contribution in [0.2, 0.25) is 0 Å². The van der Waals surface area contributed by atoms with Crippen molar-refractivity contribution in [2.24, 2.45) is 0 Å². The van der Waals surface area contributed by atoms with Crippen LogP contribution in [0.4, 0.5) is 5.69 Å². The minimum Gasteiger partial charge on any atom is -0.344 e. The number of anilines is 1. The van der Waals surface area contributed by atoms with Crippen molar-refractivity contribution in [2.75, 3.05) is 11.1 Å². The van der Waals surface area contributed by atoms with Crippen LogP contribution < -0.4 is 10.6 Å². The third kappa shape index (κ3) is 6.28. The fourth-order valence-corrected chi connectivity index (χ4v) is 6.25. The molecule has 4 aromatic carbocycles. The molecule has 1 heterocycles. The number of halogens is 1. The van der Waals surface area contributed by atoms with E-state index in [0.29, 0.717) is 11.3 Å². The average Bonchev–Trinajstić information content (AvgIpc) is 3.34. The van der Waals surface area contributed by atoms with Crippen molar-refractivity contribution in [3.05, 3.63) is 124 Å². The van der Waals surface area contributed by atoms with Crippen molar-refractivity contribution in [1.82, 2.24) is 10.3 Å². The molecule has 0 saturated heterocycles. The highest BCUT2D eigenvalue weighted by Crippen LogP contribution is 2.32. The maximum atomic E-state index is 12.9. The Morgan fingerprint density at radius 1 is 0.865 bits per heavy atom. The van der Waals surface area contributed by atoms with Gasteiger partial charge in [-0.2, -0.15) is 0 Å². The first-order valence-corrected chi connectivity index (χ1v) is 14.1. The van der Waals surface area contributed by atoms with Gasteiger partial charge in [0.05, 0.1) is 27.6 Å². The van der Waals surface area contributed by atoms with Crippen molar-refractivity contribution >= 4 is 66.7 Å². The lowest BCUT2D eigenvalue weighted by Crippen LogP contribution is -2.30. The summed E-state index contributed by atoms with van der Waals surface area (Å²) in [6.45, 7) is 0. The minimum absolute atomic E-state index is 0.0663. The molecular formula is C29H22BrN3O2S2. The number of rotatable bonds is 8. The highest BCUT2D eigenvalue weighted by Gasteiger charge is 2.17. The van der Waals surface area contributed by atoms with E-state index in [1.165, 1.54) is 23.1 Å². The van der Waals surface area contributed by atoms with E-state index in [9.17, 15) is 9.59 Å². The normalized spacial score (nSPS) is 11.0. The van der Waals surface area contributed by atoms with Crippen LogP contribution in [0.5, 0.6) is 0 Å². The van der Waals surface area contributed by atoms with E-state index >= 15 is 0 Å². The van der Waals surface area contributed by atoms with Crippen LogP contribution in [0.15, 0.2) is 112 Å². The Hall–Kier alpha value is -3.46. The summed E-state index contributed by atoms with van der Waals surface area (Å²) in [5.74, 6) is -0.000851. The SMILES string of the molecule is O=C(CSc1nc2ccc(NC(=O)c3ccccc3Br)cc2s1)NC(c1ccccc1)c1ccccc1. The molecule has 0 aliphatic rings. The lowest BCUT2D eigenvalue weighted by molar-refractivity contribution is -0.119. The highest BCUT2D eigenvalue weighted by atomic mass is 79.9. The van der Waals surface area contributed by atoms with E-state index in [2.05, 4.69) is 31.5 Å². The van der Waals surface area contributed by atoms with Crippen molar-refractivity contribution in [1.29, 1.82) is 0 Å². The molecule has 0 bridgehead atoms. The van der Waals surface area contributed by atoms with Gasteiger partial charge in [-0.15, -0.1) is 11.3 Å². The quantitative estimate of drug-likeness (QED) is 0.187. The number of carbonyl (C=O) groups is 2. The van der Waals surface area contributed by atoms with E-state index in [0.717, 1.165) is 30.2 Å². The molecule has 0 aliphatic carbocycles. The molecule has 37 heavy (non-hydrogen) atoms. The van der Waals surface area contributed by atoms with Gasteiger partial charge in [0.2, 0.25) is 5.91 Å². The fourth-order valence-electron chi connectivity index (χ4n) is 3.87. The number of aromatic nitrogens is 1. The third-order valence-corrected chi connectivity index (χ3v) is 8.50. The second-order valence-corrected chi connectivity index (χ2v) is 11.3. The van der Waals surface area contributed by atoms with Crippen LogP contribution in [0.3, 0.4) is 0 Å². The topological polar surface area (TPSA) is 71.1 Å². The zero-order valence-electron chi connectivity index (χ0n) is 19.6. The third-order valence-electron chi connectivity index (χ3n) is 5.64. The lowest BCUT2D eigenvalue weighted by Gasteiger charge is -2.19. The first kappa shape index (κ1) is 25.2. The van der Waals surface area contributed by atoms with E-state index in [1.54, 1.807) is 6.07 Å². The number of thioether (sulfide) groups is 1. The molecule has 5 nitrogen and oxygen atoms in total. The number of carbonyl (C=O) groups excluding carboxylic acids is 2. The van der Waals surface area contributed by atoms with Crippen LogP contribution >= 0.6 is 39.0 Å². The molecule has 0 atom stereocenters. The molecule has 1 aromatic heterocycles. The Morgan fingerprint density at radius 3 is 2.19 bits per heavy atom. The van der Waals surface area contributed by atoms with Gasteiger partial charge < -0.3 is 10.6 Å². The maximum absolute atomic E-state index is 12.9. The number of amides is 2. The van der Waals surface area contributed by atoms with Crippen molar-refractivity contribution in [2.45, 2.75) is 10.4 Å². The molecule has 0 fully saturated rings. The van der Waals surface area contributed by atoms with Gasteiger partial charge in [0.1, 0.15) is 0 Å². The Bertz CT molecular complexity index is 1500. The van der Waals surface area contributed by atoms with Crippen molar-refractivity contribution < 1.29 is 9.59 Å². The number of hydrogen-bond acceptors (Lipinski definition) is 5. The van der Waals surface area contributed by atoms with Gasteiger partial charge in [-0.3, -0.25) is 9.59 Å². The van der Waals surface area contributed by atoms with Gasteiger partial charge in [-0.1, -0.05) is 84.6 Å². The fraction of sp³-hybridized carbons (Fsp3) is 0.0690. The summed E-state index contributed by atoms with van der Waals surface area (Å²) in [5.41, 5.74) is 4.16. The summed E-state index contributed by atoms with van der Waals surface area (Å²) in [6, 6.07) is 32.6. The number of benzene rings is 4. The van der Waals surface area contributed by atoms with E-state index in [-0.39, 0.29) is 23.6 Å². The molecule has 0 radical (unpaired) electrons. The van der Waals surface area contributed by atoms with Crippen LogP contribution in [-0.4, -0.2) is 22.6 Å². The van der Waals surface area contributed by atoms with E-state index in [4.69, 9.17) is 0 Å². The summed E-state index contributed by atoms with van der Waals surface area (Å²) in [6.07, 6.45) is 0. The molecule has 2 N–H and O–H groups in total. The molecule has 0 unspecified atom stereocenters. The molecular weight excluding hydrogens is 566 g/mol. The van der Waals surface area contributed by atoms with E-state index in [1.807, 2.05) is 97.1 Å². The van der Waals surface area contributed by atoms with Crippen LogP contribution in [0.1, 0.15) is 27.5 Å². The average molecular weight is 589 g/mol. The largest absolute Gasteiger partial charge is 0.344 e. The number of hydrogen-bond donors (Lipinski definition) is 2. The standard InChI is InChI=1S/C29H22BrN3O2S2/c30-23-14-8-7-13-22(23)28(35)31-21-15-16-24-25(17-21)37-29(32-24)36-18-26(34)33-27(19-9-3-1-4-10-19)20-11-5-2-6-12-20/h1-17,27H,18H2,(H,31,35)(H,33,34). The Labute approximate surface area is 231 Å². The first-order chi connectivity index (χ1) is 18.1. The predicted molar refractivity (Wildman–Crippen MR) is 155 cm³/mol. The van der Waals surface area contributed by atoms with Gasteiger partial charge in [-0.05, 0) is 57.4 Å². The summed E-state index contributed by atoms with van der Waals surface area (Å²) >= 11 is 6.33. The number of nitrogens with one attached hydrogen (secondary N) is 2. The Morgan fingerprint density at radius 2 is 1.51 bits per heavy atom. The highest BCUT2D eigenvalue weighted by molar-refractivity contribution is 9.10. The van der Waals surface area contributed by atoms with Crippen LogP contribution in [-0.2, 0) is 4.79 Å². The lowest BCUT2D eigenvalue weighted by atomic mass is 9.99. The summed E-state index contributed by atoms with van der Waals surface area (Å²) in [7, 11) is 0. The summed E-state index contributed by atoms with van der Waals surface area (Å²) in [5, 5.41) is 6.11. The molecule has 5 rings (SSSR count). The number of nitrogens with zero attached hydrogens (tertiary/aromatic N) is 1. The van der Waals surface area contributed by atoms with Crippen molar-refractivity contribution in [3.8, 4) is 0 Å². The van der Waals surface area contributed by atoms with Gasteiger partial charge >= 0.3 is 0 Å². The van der Waals surface area contributed by atoms with E-state index < -0.39 is 0 Å². The zero-order chi connectivity index (χ0) is 25.6. The van der Waals surface area contributed by atoms with Crippen molar-refractivity contribution in [3.63, 3.8) is 0 Å². The minimum atomic E-state index is -0.221. The second-order valence-electron chi connectivity index (χ2n) is 8.21. The molecule has 0 spiro atoms. The summed E-state index contributed by atoms with van der Waals surface area (Å²) in [4.78, 5) is 30.2. The molecule has 5 aromatic rings. The maximum Gasteiger partial charge on any atom is 0.256 e. The smallest absolute Gasteiger partial charge is 0.256 e. The van der Waals surface area contributed by atoms with Gasteiger partial charge in [0, 0.05) is 10.2 Å². The first-order valence-electron chi connectivity index (χ1n) is 11.6. The zero-order valence-corrected chi connectivity index (χ0v) is 22.8. The second kappa shape index (κ2) is 11.7. The molecule has 184 valence electrons.